The van der Waals surface area contributed by atoms with Gasteiger partial charge in [0.1, 0.15) is 0 Å². The highest BCUT2D eigenvalue weighted by molar-refractivity contribution is 7.15. The van der Waals surface area contributed by atoms with Crippen molar-refractivity contribution in [2.45, 2.75) is 46.1 Å². The Morgan fingerprint density at radius 2 is 2.06 bits per heavy atom. The van der Waals surface area contributed by atoms with Crippen LogP contribution in [-0.2, 0) is 6.54 Å². The zero-order chi connectivity index (χ0) is 13.0. The number of nitrogens with one attached hydrogen (secondary N) is 1. The molecule has 0 unspecified atom stereocenters. The van der Waals surface area contributed by atoms with E-state index in [1.54, 1.807) is 11.3 Å². The van der Waals surface area contributed by atoms with Crippen molar-refractivity contribution in [1.29, 1.82) is 0 Å². The molecule has 5 heteroatoms. The third kappa shape index (κ3) is 3.02. The molecule has 2 heterocycles. The summed E-state index contributed by atoms with van der Waals surface area (Å²) in [7, 11) is 0. The number of hydrazine groups is 1. The molecule has 18 heavy (non-hydrogen) atoms. The molecule has 0 saturated carbocycles. The molecule has 1 aliphatic rings. The van der Waals surface area contributed by atoms with Crippen molar-refractivity contribution in [2.75, 3.05) is 18.5 Å². The molecule has 0 radical (unpaired) electrons. The van der Waals surface area contributed by atoms with Gasteiger partial charge in [0.05, 0.1) is 0 Å². The maximum Gasteiger partial charge on any atom is 0.197 e. The van der Waals surface area contributed by atoms with Crippen LogP contribution in [0.3, 0.4) is 0 Å². The second-order valence-electron chi connectivity index (χ2n) is 5.26. The number of nitrogens with zero attached hydrogens (tertiary/aromatic N) is 2. The zero-order valence-electron chi connectivity index (χ0n) is 11.4. The number of hydrogen-bond donors (Lipinski definition) is 2. The molecule has 0 spiro atoms. The number of nitrogens with two attached hydrogens (primary N) is 1. The van der Waals surface area contributed by atoms with E-state index in [0.29, 0.717) is 5.41 Å². The van der Waals surface area contributed by atoms with Gasteiger partial charge >= 0.3 is 0 Å². The summed E-state index contributed by atoms with van der Waals surface area (Å²) in [6.45, 7) is 8.11. The van der Waals surface area contributed by atoms with Gasteiger partial charge in [-0.3, -0.25) is 10.3 Å². The minimum atomic E-state index is 0.605. The van der Waals surface area contributed by atoms with Crippen molar-refractivity contribution in [3.8, 4) is 0 Å². The van der Waals surface area contributed by atoms with Crippen molar-refractivity contribution >= 4 is 16.5 Å². The first-order valence-corrected chi connectivity index (χ1v) is 7.66. The molecule has 1 aliphatic heterocycles. The highest BCUT2D eigenvalue weighted by Crippen LogP contribution is 2.38. The van der Waals surface area contributed by atoms with Crippen molar-refractivity contribution < 1.29 is 0 Å². The van der Waals surface area contributed by atoms with Crippen LogP contribution < -0.4 is 11.3 Å². The Balaban J connectivity index is 1.86. The highest BCUT2D eigenvalue weighted by atomic mass is 32.1. The molecule has 0 atom stereocenters. The molecule has 0 amide bonds. The summed E-state index contributed by atoms with van der Waals surface area (Å²) in [4.78, 5) is 8.05. The number of piperidine rings is 1. The van der Waals surface area contributed by atoms with Crippen LogP contribution in [0.1, 0.15) is 44.4 Å². The van der Waals surface area contributed by atoms with E-state index in [0.717, 1.165) is 11.7 Å². The predicted molar refractivity (Wildman–Crippen MR) is 77.5 cm³/mol. The lowest BCUT2D eigenvalue weighted by molar-refractivity contribution is 0.0915. The Bertz CT molecular complexity index is 363. The molecule has 1 aromatic rings. The first kappa shape index (κ1) is 13.8. The van der Waals surface area contributed by atoms with Gasteiger partial charge in [-0.1, -0.05) is 38.0 Å². The van der Waals surface area contributed by atoms with Gasteiger partial charge in [-0.2, -0.15) is 0 Å². The summed E-state index contributed by atoms with van der Waals surface area (Å²) >= 11 is 1.65. The number of nitrogen functional groups attached to an aromatic ring is 1. The number of thiazole rings is 1. The molecule has 0 aromatic carbocycles. The normalized spacial score (nSPS) is 19.9. The van der Waals surface area contributed by atoms with Crippen LogP contribution in [0.25, 0.3) is 0 Å². The summed E-state index contributed by atoms with van der Waals surface area (Å²) in [6, 6.07) is 0. The van der Waals surface area contributed by atoms with Crippen molar-refractivity contribution in [2.24, 2.45) is 11.3 Å². The molecule has 0 aliphatic carbocycles. The third-order valence-electron chi connectivity index (χ3n) is 4.47. The topological polar surface area (TPSA) is 54.2 Å². The van der Waals surface area contributed by atoms with Crippen molar-refractivity contribution in [3.63, 3.8) is 0 Å². The molecular weight excluding hydrogens is 244 g/mol. The summed E-state index contributed by atoms with van der Waals surface area (Å²) in [5.74, 6) is 5.35. The molecule has 102 valence electrons. The van der Waals surface area contributed by atoms with E-state index < -0.39 is 0 Å². The molecule has 1 aromatic heterocycles. The second kappa shape index (κ2) is 5.99. The number of likely N-dealkylation sites (tertiary alicyclic amines) is 1. The van der Waals surface area contributed by atoms with E-state index in [1.165, 1.54) is 43.6 Å². The maximum atomic E-state index is 5.35. The van der Waals surface area contributed by atoms with E-state index in [2.05, 4.69) is 29.2 Å². The Morgan fingerprint density at radius 3 is 2.56 bits per heavy atom. The standard InChI is InChI=1S/C13H24N4S/c1-3-13(4-2)5-7-17(8-6-13)10-11-9-15-12(16-14)18-11/h9H,3-8,10,14H2,1-2H3,(H,15,16). The lowest BCUT2D eigenvalue weighted by Gasteiger charge is -2.40. The van der Waals surface area contributed by atoms with Gasteiger partial charge in [-0.15, -0.1) is 0 Å². The van der Waals surface area contributed by atoms with E-state index in [9.17, 15) is 0 Å². The fourth-order valence-electron chi connectivity index (χ4n) is 2.81. The van der Waals surface area contributed by atoms with Crippen LogP contribution in [0.2, 0.25) is 0 Å². The van der Waals surface area contributed by atoms with E-state index in [-0.39, 0.29) is 0 Å². The first-order valence-electron chi connectivity index (χ1n) is 6.85. The van der Waals surface area contributed by atoms with Gasteiger partial charge in [0.25, 0.3) is 0 Å². The first-order chi connectivity index (χ1) is 8.71. The van der Waals surface area contributed by atoms with E-state index >= 15 is 0 Å². The van der Waals surface area contributed by atoms with Crippen molar-refractivity contribution in [1.82, 2.24) is 9.88 Å². The second-order valence-corrected chi connectivity index (χ2v) is 6.37. The largest absolute Gasteiger partial charge is 0.300 e. The third-order valence-corrected chi connectivity index (χ3v) is 5.39. The fraction of sp³-hybridized carbons (Fsp3) is 0.769. The Labute approximate surface area is 114 Å². The Hall–Kier alpha value is -0.650. The maximum absolute atomic E-state index is 5.35. The highest BCUT2D eigenvalue weighted by Gasteiger charge is 2.31. The molecule has 3 N–H and O–H groups in total. The van der Waals surface area contributed by atoms with Crippen molar-refractivity contribution in [3.05, 3.63) is 11.1 Å². The summed E-state index contributed by atoms with van der Waals surface area (Å²) < 4.78 is 0. The number of anilines is 1. The van der Waals surface area contributed by atoms with E-state index in [4.69, 9.17) is 5.84 Å². The summed E-state index contributed by atoms with van der Waals surface area (Å²) in [5.41, 5.74) is 3.21. The fourth-order valence-corrected chi connectivity index (χ4v) is 3.58. The lowest BCUT2D eigenvalue weighted by atomic mass is 9.74. The van der Waals surface area contributed by atoms with Crippen LogP contribution in [0.15, 0.2) is 6.20 Å². The van der Waals surface area contributed by atoms with E-state index in [1.807, 2.05) is 6.20 Å². The number of hydrogen-bond acceptors (Lipinski definition) is 5. The smallest absolute Gasteiger partial charge is 0.197 e. The number of rotatable bonds is 5. The Kier molecular flexibility index (Phi) is 4.59. The van der Waals surface area contributed by atoms with Gasteiger partial charge in [0.15, 0.2) is 5.13 Å². The average molecular weight is 268 g/mol. The molecule has 2 rings (SSSR count). The molecule has 1 saturated heterocycles. The Morgan fingerprint density at radius 1 is 1.39 bits per heavy atom. The monoisotopic (exact) mass is 268 g/mol. The molecule has 1 fully saturated rings. The molecular formula is C13H24N4S. The molecule has 0 bridgehead atoms. The zero-order valence-corrected chi connectivity index (χ0v) is 12.2. The summed E-state index contributed by atoms with van der Waals surface area (Å²) in [6.07, 6.45) is 7.24. The van der Waals surface area contributed by atoms with Crippen LogP contribution >= 0.6 is 11.3 Å². The van der Waals surface area contributed by atoms with Crippen LogP contribution in [0.4, 0.5) is 5.13 Å². The minimum absolute atomic E-state index is 0.605. The van der Waals surface area contributed by atoms with Gasteiger partial charge < -0.3 is 0 Å². The van der Waals surface area contributed by atoms with Gasteiger partial charge in [0, 0.05) is 17.6 Å². The summed E-state index contributed by atoms with van der Waals surface area (Å²) in [5, 5.41) is 0.804. The molecule has 4 nitrogen and oxygen atoms in total. The van der Waals surface area contributed by atoms with Crippen LogP contribution in [0.5, 0.6) is 0 Å². The van der Waals surface area contributed by atoms with Gasteiger partial charge in [0.2, 0.25) is 0 Å². The minimum Gasteiger partial charge on any atom is -0.300 e. The average Bonchev–Trinajstić information content (AvgIpc) is 2.88. The van der Waals surface area contributed by atoms with Gasteiger partial charge in [-0.05, 0) is 31.3 Å². The lowest BCUT2D eigenvalue weighted by Crippen LogP contribution is -2.39. The van der Waals surface area contributed by atoms with Crippen LogP contribution in [0, 0.1) is 5.41 Å². The number of aromatic nitrogens is 1. The van der Waals surface area contributed by atoms with Gasteiger partial charge in [-0.25, -0.2) is 10.8 Å². The SMILES string of the molecule is CCC1(CC)CCN(Cc2cnc(NN)s2)CC1. The van der Waals surface area contributed by atoms with Crippen LogP contribution in [-0.4, -0.2) is 23.0 Å². The predicted octanol–water partition coefficient (Wildman–Crippen LogP) is 2.83. The quantitative estimate of drug-likeness (QED) is 0.637.